The van der Waals surface area contributed by atoms with Gasteiger partial charge in [0.1, 0.15) is 0 Å². The number of hydrogen-bond acceptors (Lipinski definition) is 2. The van der Waals surface area contributed by atoms with Crippen LogP contribution in [0.25, 0.3) is 0 Å². The smallest absolute Gasteiger partial charge is 0.310 e. The lowest BCUT2D eigenvalue weighted by Gasteiger charge is -2.09. The van der Waals surface area contributed by atoms with Gasteiger partial charge in [0.25, 0.3) is 0 Å². The summed E-state index contributed by atoms with van der Waals surface area (Å²) >= 11 is 0. The molecule has 19 heavy (non-hydrogen) atoms. The van der Waals surface area contributed by atoms with Crippen LogP contribution in [0.1, 0.15) is 37.8 Å². The maximum atomic E-state index is 10.8. The van der Waals surface area contributed by atoms with Crippen LogP contribution in [0.5, 0.6) is 0 Å². The predicted molar refractivity (Wildman–Crippen MR) is 78.9 cm³/mol. The molecule has 3 nitrogen and oxygen atoms in total. The molecule has 0 bridgehead atoms. The Bertz CT molecular complexity index is 415. The molecular formula is C16H23NO2. The number of nitrogens with two attached hydrogens (primary N) is 1. The first-order valence-corrected chi connectivity index (χ1v) is 6.37. The molecule has 1 aromatic rings. The van der Waals surface area contributed by atoms with E-state index in [1.165, 1.54) is 5.56 Å². The van der Waals surface area contributed by atoms with Gasteiger partial charge in [-0.05, 0) is 30.4 Å². The normalized spacial score (nSPS) is 11.2. The number of benzene rings is 1. The largest absolute Gasteiger partial charge is 0.481 e. The van der Waals surface area contributed by atoms with Crippen molar-refractivity contribution >= 4 is 5.97 Å². The van der Waals surface area contributed by atoms with E-state index in [9.17, 15) is 4.79 Å². The molecule has 0 aliphatic carbocycles. The molecule has 1 atom stereocenters. The van der Waals surface area contributed by atoms with Gasteiger partial charge >= 0.3 is 5.97 Å². The molecule has 3 N–H and O–H groups in total. The van der Waals surface area contributed by atoms with E-state index in [2.05, 4.69) is 26.2 Å². The Balaban J connectivity index is 0.000000711. The van der Waals surface area contributed by atoms with E-state index >= 15 is 0 Å². The van der Waals surface area contributed by atoms with Crippen molar-refractivity contribution in [3.63, 3.8) is 0 Å². The number of rotatable bonds is 4. The second-order valence-corrected chi connectivity index (χ2v) is 4.81. The lowest BCUT2D eigenvalue weighted by molar-refractivity contribution is -0.138. The lowest BCUT2D eigenvalue weighted by Crippen LogP contribution is -2.07. The monoisotopic (exact) mass is 261 g/mol. The first-order valence-electron chi connectivity index (χ1n) is 6.37. The van der Waals surface area contributed by atoms with E-state index in [-0.39, 0.29) is 0 Å². The van der Waals surface area contributed by atoms with Gasteiger partial charge in [0.2, 0.25) is 0 Å². The van der Waals surface area contributed by atoms with Crippen molar-refractivity contribution in [2.24, 2.45) is 11.7 Å². The van der Waals surface area contributed by atoms with Crippen LogP contribution in [0.2, 0.25) is 0 Å². The maximum absolute atomic E-state index is 10.8. The fourth-order valence-electron chi connectivity index (χ4n) is 1.56. The van der Waals surface area contributed by atoms with E-state index in [0.29, 0.717) is 12.5 Å². The standard InChI is InChI=1S/C13H18O2.C3H5N/c1-9(2)8-11-4-6-12(7-5-11)10(3)13(14)15;1-2-3-4/h4-7,9-10H,8H2,1-3H3,(H,14,15);1H,3-4H2. The summed E-state index contributed by atoms with van der Waals surface area (Å²) in [6.07, 6.45) is 5.70. The van der Waals surface area contributed by atoms with E-state index in [4.69, 9.17) is 10.8 Å². The maximum Gasteiger partial charge on any atom is 0.310 e. The summed E-state index contributed by atoms with van der Waals surface area (Å²) in [5.74, 6) is 1.65. The molecule has 3 heteroatoms. The molecule has 0 aliphatic rings. The average Bonchev–Trinajstić information content (AvgIpc) is 2.38. The number of carboxylic acid groups (broad SMARTS) is 1. The number of hydrogen-bond donors (Lipinski definition) is 2. The van der Waals surface area contributed by atoms with Crippen LogP contribution >= 0.6 is 0 Å². The molecular weight excluding hydrogens is 238 g/mol. The molecule has 0 heterocycles. The zero-order valence-electron chi connectivity index (χ0n) is 11.9. The molecule has 0 saturated carbocycles. The zero-order valence-corrected chi connectivity index (χ0v) is 11.9. The highest BCUT2D eigenvalue weighted by atomic mass is 16.4. The van der Waals surface area contributed by atoms with Crippen molar-refractivity contribution < 1.29 is 9.90 Å². The molecule has 1 aromatic carbocycles. The Morgan fingerprint density at radius 2 is 1.79 bits per heavy atom. The lowest BCUT2D eigenvalue weighted by atomic mass is 9.97. The molecule has 0 saturated heterocycles. The van der Waals surface area contributed by atoms with Crippen LogP contribution in [0.4, 0.5) is 0 Å². The van der Waals surface area contributed by atoms with Crippen LogP contribution < -0.4 is 5.73 Å². The minimum absolute atomic E-state index is 0.347. The fourth-order valence-corrected chi connectivity index (χ4v) is 1.56. The van der Waals surface area contributed by atoms with Crippen molar-refractivity contribution in [1.29, 1.82) is 0 Å². The number of carboxylic acids is 1. The van der Waals surface area contributed by atoms with Crippen LogP contribution in [-0.2, 0) is 11.2 Å². The second kappa shape index (κ2) is 9.18. The van der Waals surface area contributed by atoms with Gasteiger partial charge in [0, 0.05) is 0 Å². The van der Waals surface area contributed by atoms with Gasteiger partial charge in [0.15, 0.2) is 0 Å². The Kier molecular flexibility index (Phi) is 8.32. The first kappa shape index (κ1) is 17.2. The summed E-state index contributed by atoms with van der Waals surface area (Å²) < 4.78 is 0. The molecule has 0 aliphatic heterocycles. The first-order chi connectivity index (χ1) is 8.92. The summed E-state index contributed by atoms with van der Waals surface area (Å²) in [4.78, 5) is 10.8. The topological polar surface area (TPSA) is 63.3 Å². The summed E-state index contributed by atoms with van der Waals surface area (Å²) in [6, 6.07) is 7.87. The molecule has 104 valence electrons. The van der Waals surface area contributed by atoms with E-state index < -0.39 is 11.9 Å². The average molecular weight is 261 g/mol. The van der Waals surface area contributed by atoms with Crippen molar-refractivity contribution in [3.05, 3.63) is 35.4 Å². The third-order valence-electron chi connectivity index (χ3n) is 2.61. The molecule has 1 rings (SSSR count). The summed E-state index contributed by atoms with van der Waals surface area (Å²) in [7, 11) is 0. The highest BCUT2D eigenvalue weighted by Gasteiger charge is 2.12. The predicted octanol–water partition coefficient (Wildman–Crippen LogP) is 2.65. The van der Waals surface area contributed by atoms with Crippen molar-refractivity contribution in [2.75, 3.05) is 6.54 Å². The minimum atomic E-state index is -0.772. The van der Waals surface area contributed by atoms with E-state index in [1.807, 2.05) is 24.3 Å². The summed E-state index contributed by atoms with van der Waals surface area (Å²) in [6.45, 7) is 6.40. The molecule has 0 fully saturated rings. The Morgan fingerprint density at radius 1 is 1.32 bits per heavy atom. The van der Waals surface area contributed by atoms with E-state index in [0.717, 1.165) is 12.0 Å². The molecule has 0 radical (unpaired) electrons. The van der Waals surface area contributed by atoms with Gasteiger partial charge in [-0.15, -0.1) is 6.42 Å². The van der Waals surface area contributed by atoms with E-state index in [1.54, 1.807) is 6.92 Å². The van der Waals surface area contributed by atoms with Crippen LogP contribution in [0.15, 0.2) is 24.3 Å². The SMILES string of the molecule is C#CCN.CC(C)Cc1ccc(C(C)C(=O)O)cc1. The highest BCUT2D eigenvalue weighted by Crippen LogP contribution is 2.17. The molecule has 0 amide bonds. The van der Waals surface area contributed by atoms with Gasteiger partial charge in [-0.3, -0.25) is 4.79 Å². The Labute approximate surface area is 115 Å². The molecule has 0 aromatic heterocycles. The van der Waals surface area contributed by atoms with Crippen molar-refractivity contribution in [1.82, 2.24) is 0 Å². The zero-order chi connectivity index (χ0) is 14.8. The fraction of sp³-hybridized carbons (Fsp3) is 0.438. The quantitative estimate of drug-likeness (QED) is 0.819. The molecule has 0 spiro atoms. The van der Waals surface area contributed by atoms with Crippen LogP contribution in [0, 0.1) is 18.3 Å². The van der Waals surface area contributed by atoms with Gasteiger partial charge < -0.3 is 10.8 Å². The molecule has 1 unspecified atom stereocenters. The third kappa shape index (κ3) is 7.28. The number of terminal acetylenes is 1. The summed E-state index contributed by atoms with van der Waals surface area (Å²) in [5.41, 5.74) is 6.93. The summed E-state index contributed by atoms with van der Waals surface area (Å²) in [5, 5.41) is 8.85. The van der Waals surface area contributed by atoms with Gasteiger partial charge in [-0.2, -0.15) is 0 Å². The second-order valence-electron chi connectivity index (χ2n) is 4.81. The third-order valence-corrected chi connectivity index (χ3v) is 2.61. The Hall–Kier alpha value is -1.79. The van der Waals surface area contributed by atoms with Crippen LogP contribution in [-0.4, -0.2) is 17.6 Å². The van der Waals surface area contributed by atoms with Crippen molar-refractivity contribution in [3.8, 4) is 12.3 Å². The van der Waals surface area contributed by atoms with Gasteiger partial charge in [-0.1, -0.05) is 44.0 Å². The Morgan fingerprint density at radius 3 is 2.11 bits per heavy atom. The highest BCUT2D eigenvalue weighted by molar-refractivity contribution is 5.75. The van der Waals surface area contributed by atoms with Gasteiger partial charge in [0.05, 0.1) is 12.5 Å². The minimum Gasteiger partial charge on any atom is -0.481 e. The van der Waals surface area contributed by atoms with Gasteiger partial charge in [-0.25, -0.2) is 0 Å². The number of carbonyl (C=O) groups is 1. The number of aliphatic carboxylic acids is 1. The van der Waals surface area contributed by atoms with Crippen LogP contribution in [0.3, 0.4) is 0 Å². The van der Waals surface area contributed by atoms with Crippen molar-refractivity contribution in [2.45, 2.75) is 33.1 Å².